The fourth-order valence-electron chi connectivity index (χ4n) is 3.90. The molecular formula is C21H30N2O6. The monoisotopic (exact) mass is 406 g/mol. The predicted molar refractivity (Wildman–Crippen MR) is 106 cm³/mol. The highest BCUT2D eigenvalue weighted by molar-refractivity contribution is 5.86. The lowest BCUT2D eigenvalue weighted by atomic mass is 9.87. The van der Waals surface area contributed by atoms with E-state index in [4.69, 9.17) is 4.74 Å². The smallest absolute Gasteiger partial charge is 0.407 e. The molecule has 8 nitrogen and oxygen atoms in total. The molecule has 0 unspecified atom stereocenters. The second kappa shape index (κ2) is 10.2. The van der Waals surface area contributed by atoms with Crippen molar-refractivity contribution in [2.24, 2.45) is 11.8 Å². The Kier molecular flexibility index (Phi) is 8.01. The molecule has 1 heterocycles. The fourth-order valence-corrected chi connectivity index (χ4v) is 3.90. The molecule has 1 saturated heterocycles. The number of hydrogen-bond acceptors (Lipinski definition) is 5. The average molecular weight is 406 g/mol. The van der Waals surface area contributed by atoms with E-state index in [-0.39, 0.29) is 25.0 Å². The van der Waals surface area contributed by atoms with Gasteiger partial charge in [0.15, 0.2) is 0 Å². The number of aliphatic hydroxyl groups excluding tert-OH is 1. The summed E-state index contributed by atoms with van der Waals surface area (Å²) in [6, 6.07) is 7.66. The highest BCUT2D eigenvalue weighted by Crippen LogP contribution is 2.27. The Labute approximate surface area is 171 Å². The van der Waals surface area contributed by atoms with Gasteiger partial charge in [-0.2, -0.15) is 0 Å². The van der Waals surface area contributed by atoms with E-state index >= 15 is 0 Å². The minimum atomic E-state index is -1.16. The third-order valence-corrected chi connectivity index (χ3v) is 5.39. The number of likely N-dealkylation sites (N-methyl/N-ethyl adjacent to an activating group) is 1. The number of aliphatic hydroxyl groups is 1. The number of carbonyl (C=O) groups is 3. The van der Waals surface area contributed by atoms with Crippen LogP contribution in [-0.2, 0) is 20.9 Å². The lowest BCUT2D eigenvalue weighted by Gasteiger charge is -2.40. The van der Waals surface area contributed by atoms with E-state index < -0.39 is 36.7 Å². The highest BCUT2D eigenvalue weighted by Gasteiger charge is 2.42. The summed E-state index contributed by atoms with van der Waals surface area (Å²) in [6.45, 7) is 3.60. The molecular weight excluding hydrogens is 376 g/mol. The van der Waals surface area contributed by atoms with Gasteiger partial charge < -0.3 is 24.7 Å². The molecule has 0 aromatic heterocycles. The first-order valence-electron chi connectivity index (χ1n) is 9.85. The number of nitrogens with zero attached hydrogens (tertiary/aromatic N) is 2. The topological polar surface area (TPSA) is 107 Å². The molecule has 2 rings (SSSR count). The van der Waals surface area contributed by atoms with Gasteiger partial charge in [0.05, 0.1) is 18.6 Å². The number of carboxylic acid groups (broad SMARTS) is 1. The first kappa shape index (κ1) is 22.7. The van der Waals surface area contributed by atoms with Crippen LogP contribution in [0.3, 0.4) is 0 Å². The van der Waals surface area contributed by atoms with Crippen molar-refractivity contribution < 1.29 is 29.3 Å². The van der Waals surface area contributed by atoms with Crippen molar-refractivity contribution in [1.29, 1.82) is 0 Å². The SMILES string of the molecule is CC(C)[C@@H](C(=O)OCc1ccccc1)N(C)C(=O)[C@@H]1CCCN(C(=O)O)[C@H]1CO. The third kappa shape index (κ3) is 5.47. The molecule has 0 bridgehead atoms. The number of carbonyl (C=O) groups excluding carboxylic acids is 2. The third-order valence-electron chi connectivity index (χ3n) is 5.39. The van der Waals surface area contributed by atoms with Crippen LogP contribution in [0, 0.1) is 11.8 Å². The lowest BCUT2D eigenvalue weighted by molar-refractivity contribution is -0.160. The molecule has 0 radical (unpaired) electrons. The molecule has 29 heavy (non-hydrogen) atoms. The van der Waals surface area contributed by atoms with Gasteiger partial charge in [-0.05, 0) is 24.3 Å². The van der Waals surface area contributed by atoms with Crippen LogP contribution in [0.5, 0.6) is 0 Å². The number of likely N-dealkylation sites (tertiary alicyclic amines) is 1. The quantitative estimate of drug-likeness (QED) is 0.671. The van der Waals surface area contributed by atoms with E-state index in [0.717, 1.165) is 10.5 Å². The van der Waals surface area contributed by atoms with Crippen molar-refractivity contribution >= 4 is 18.0 Å². The Bertz CT molecular complexity index is 708. The van der Waals surface area contributed by atoms with Crippen molar-refractivity contribution in [3.05, 3.63) is 35.9 Å². The van der Waals surface area contributed by atoms with Crippen LogP contribution in [0.4, 0.5) is 4.79 Å². The van der Waals surface area contributed by atoms with Crippen molar-refractivity contribution in [3.63, 3.8) is 0 Å². The summed E-state index contributed by atoms with van der Waals surface area (Å²) >= 11 is 0. The minimum Gasteiger partial charge on any atom is -0.465 e. The van der Waals surface area contributed by atoms with Crippen LogP contribution in [-0.4, -0.2) is 70.3 Å². The number of ether oxygens (including phenoxy) is 1. The molecule has 3 atom stereocenters. The molecule has 160 valence electrons. The standard InChI is InChI=1S/C21H30N2O6/c1-14(2)18(20(26)29-13-15-8-5-4-6-9-15)22(3)19(25)16-10-7-11-23(21(27)28)17(16)12-24/h4-6,8-9,14,16-18,24H,7,10-13H2,1-3H3,(H,27,28)/t16-,17+,18+/m1/s1. The van der Waals surface area contributed by atoms with Gasteiger partial charge in [0.25, 0.3) is 0 Å². The van der Waals surface area contributed by atoms with Crippen LogP contribution in [0.25, 0.3) is 0 Å². The van der Waals surface area contributed by atoms with Gasteiger partial charge in [-0.1, -0.05) is 44.2 Å². The summed E-state index contributed by atoms with van der Waals surface area (Å²) < 4.78 is 5.44. The second-order valence-electron chi connectivity index (χ2n) is 7.71. The Balaban J connectivity index is 2.12. The maximum Gasteiger partial charge on any atom is 0.407 e. The number of benzene rings is 1. The van der Waals surface area contributed by atoms with Gasteiger partial charge in [0, 0.05) is 13.6 Å². The summed E-state index contributed by atoms with van der Waals surface area (Å²) in [7, 11) is 1.53. The summed E-state index contributed by atoms with van der Waals surface area (Å²) in [5, 5.41) is 19.1. The Morgan fingerprint density at radius 2 is 1.90 bits per heavy atom. The molecule has 1 aromatic carbocycles. The Morgan fingerprint density at radius 1 is 1.24 bits per heavy atom. The number of esters is 1. The maximum absolute atomic E-state index is 13.1. The minimum absolute atomic E-state index is 0.112. The summed E-state index contributed by atoms with van der Waals surface area (Å²) in [6.07, 6.45) is -0.174. The van der Waals surface area contributed by atoms with Gasteiger partial charge in [-0.3, -0.25) is 4.79 Å². The Hall–Kier alpha value is -2.61. The molecule has 0 spiro atoms. The van der Waals surface area contributed by atoms with Crippen molar-refractivity contribution in [2.45, 2.75) is 45.4 Å². The molecule has 0 saturated carbocycles. The van der Waals surface area contributed by atoms with Crippen LogP contribution < -0.4 is 0 Å². The summed E-state index contributed by atoms with van der Waals surface area (Å²) in [5.41, 5.74) is 0.849. The molecule has 8 heteroatoms. The number of piperidine rings is 1. The highest BCUT2D eigenvalue weighted by atomic mass is 16.5. The van der Waals surface area contributed by atoms with Gasteiger partial charge >= 0.3 is 12.1 Å². The first-order chi connectivity index (χ1) is 13.8. The zero-order valence-electron chi connectivity index (χ0n) is 17.2. The van der Waals surface area contributed by atoms with Crippen molar-refractivity contribution in [1.82, 2.24) is 9.80 Å². The zero-order valence-corrected chi connectivity index (χ0v) is 17.2. The van der Waals surface area contributed by atoms with Gasteiger partial charge in [0.2, 0.25) is 5.91 Å². The van der Waals surface area contributed by atoms with E-state index in [9.17, 15) is 24.6 Å². The van der Waals surface area contributed by atoms with Crippen LogP contribution in [0.2, 0.25) is 0 Å². The number of amides is 2. The normalized spacial score (nSPS) is 20.2. The van der Waals surface area contributed by atoms with Gasteiger partial charge in [0.1, 0.15) is 12.6 Å². The largest absolute Gasteiger partial charge is 0.465 e. The van der Waals surface area contributed by atoms with E-state index in [1.54, 1.807) is 0 Å². The fraction of sp³-hybridized carbons (Fsp3) is 0.571. The summed E-state index contributed by atoms with van der Waals surface area (Å²) in [4.78, 5) is 39.8. The summed E-state index contributed by atoms with van der Waals surface area (Å²) in [5.74, 6) is -1.76. The number of hydrogen-bond donors (Lipinski definition) is 2. The zero-order chi connectivity index (χ0) is 21.6. The van der Waals surface area contributed by atoms with Crippen LogP contribution in [0.15, 0.2) is 30.3 Å². The van der Waals surface area contributed by atoms with Gasteiger partial charge in [-0.15, -0.1) is 0 Å². The van der Waals surface area contributed by atoms with Crippen LogP contribution >= 0.6 is 0 Å². The van der Waals surface area contributed by atoms with Crippen LogP contribution in [0.1, 0.15) is 32.3 Å². The molecule has 2 amide bonds. The average Bonchev–Trinajstić information content (AvgIpc) is 2.71. The van der Waals surface area contributed by atoms with E-state index in [0.29, 0.717) is 12.8 Å². The predicted octanol–water partition coefficient (Wildman–Crippen LogP) is 1.96. The lowest BCUT2D eigenvalue weighted by Crippen LogP contribution is -2.57. The van der Waals surface area contributed by atoms with E-state index in [1.165, 1.54) is 11.9 Å². The van der Waals surface area contributed by atoms with Crippen molar-refractivity contribution in [3.8, 4) is 0 Å². The van der Waals surface area contributed by atoms with Crippen molar-refractivity contribution in [2.75, 3.05) is 20.2 Å². The Morgan fingerprint density at radius 3 is 2.45 bits per heavy atom. The molecule has 0 aliphatic carbocycles. The molecule has 2 N–H and O–H groups in total. The number of rotatable bonds is 7. The van der Waals surface area contributed by atoms with E-state index in [2.05, 4.69) is 0 Å². The first-order valence-corrected chi connectivity index (χ1v) is 9.85. The molecule has 1 fully saturated rings. The van der Waals surface area contributed by atoms with E-state index in [1.807, 2.05) is 44.2 Å². The molecule has 1 aliphatic heterocycles. The second-order valence-corrected chi connectivity index (χ2v) is 7.71. The maximum atomic E-state index is 13.1. The molecule has 1 aliphatic rings. The van der Waals surface area contributed by atoms with Gasteiger partial charge in [-0.25, -0.2) is 9.59 Å². The molecule has 1 aromatic rings.